The minimum absolute atomic E-state index is 0.0753. The van der Waals surface area contributed by atoms with Crippen LogP contribution < -0.4 is 5.73 Å². The van der Waals surface area contributed by atoms with Crippen LogP contribution in [-0.4, -0.2) is 11.7 Å². The van der Waals surface area contributed by atoms with Crippen molar-refractivity contribution in [1.82, 2.24) is 0 Å². The van der Waals surface area contributed by atoms with Gasteiger partial charge in [-0.1, -0.05) is 13.8 Å². The molecular weight excluding hydrogens is 192 g/mol. The van der Waals surface area contributed by atoms with Crippen LogP contribution in [0.5, 0.6) is 0 Å². The highest BCUT2D eigenvalue weighted by Gasteiger charge is 2.62. The number of nitriles is 3. The van der Waals surface area contributed by atoms with Gasteiger partial charge in [-0.2, -0.15) is 15.8 Å². The van der Waals surface area contributed by atoms with Gasteiger partial charge in [0.25, 0.3) is 0 Å². The number of rotatable bonds is 2. The Morgan fingerprint density at radius 2 is 1.87 bits per heavy atom. The quantitative estimate of drug-likeness (QED) is 0.519. The zero-order valence-electron chi connectivity index (χ0n) is 8.48. The molecule has 5 nitrogen and oxygen atoms in total. The third kappa shape index (κ3) is 1.52. The highest BCUT2D eigenvalue weighted by Crippen LogP contribution is 2.45. The van der Waals surface area contributed by atoms with Crippen molar-refractivity contribution in [1.29, 1.82) is 15.8 Å². The van der Waals surface area contributed by atoms with Crippen molar-refractivity contribution in [3.8, 4) is 18.2 Å². The fraction of sp³-hybridized carbons (Fsp3) is 0.500. The van der Waals surface area contributed by atoms with Gasteiger partial charge in [-0.25, -0.2) is 0 Å². The van der Waals surface area contributed by atoms with Crippen LogP contribution in [0.3, 0.4) is 0 Å². The van der Waals surface area contributed by atoms with Crippen LogP contribution in [-0.2, 0) is 4.74 Å². The predicted octanol–water partition coefficient (Wildman–Crippen LogP) is 0.564. The first-order valence-electron chi connectivity index (χ1n) is 4.43. The van der Waals surface area contributed by atoms with E-state index in [0.29, 0.717) is 0 Å². The van der Waals surface area contributed by atoms with Gasteiger partial charge in [-0.15, -0.1) is 0 Å². The highest BCUT2D eigenvalue weighted by molar-refractivity contribution is 5.49. The summed E-state index contributed by atoms with van der Waals surface area (Å²) in [6, 6.07) is 5.23. The predicted molar refractivity (Wildman–Crippen MR) is 50.5 cm³/mol. The molecule has 1 aliphatic rings. The first kappa shape index (κ1) is 11.0. The minimum atomic E-state index is -1.27. The van der Waals surface area contributed by atoms with Gasteiger partial charge in [0, 0.05) is 0 Å². The molecule has 0 aromatic carbocycles. The van der Waals surface area contributed by atoms with E-state index in [4.69, 9.17) is 26.3 Å². The molecule has 1 aliphatic heterocycles. The number of allylic oxidation sites excluding steroid dienone is 1. The Labute approximate surface area is 88.0 Å². The normalized spacial score (nSPS) is 27.3. The van der Waals surface area contributed by atoms with E-state index in [9.17, 15) is 0 Å². The maximum absolute atomic E-state index is 8.98. The van der Waals surface area contributed by atoms with Gasteiger partial charge in [0.1, 0.15) is 24.3 Å². The summed E-state index contributed by atoms with van der Waals surface area (Å²) < 4.78 is 5.22. The first-order valence-corrected chi connectivity index (χ1v) is 4.43. The average Bonchev–Trinajstić information content (AvgIpc) is 2.95. The van der Waals surface area contributed by atoms with Gasteiger partial charge < -0.3 is 10.5 Å². The molecule has 1 saturated heterocycles. The standard InChI is InChI=1S/C10H10N4O/c1-6(2)9-10(5-13,15-9)8(14)7(3-11)4-12/h6,9H,14H2,1-2H3/t9-,10-/m0/s1. The van der Waals surface area contributed by atoms with Gasteiger partial charge >= 0.3 is 0 Å². The fourth-order valence-electron chi connectivity index (χ4n) is 1.47. The summed E-state index contributed by atoms with van der Waals surface area (Å²) in [4.78, 5) is 0. The Bertz CT molecular complexity index is 416. The Morgan fingerprint density at radius 3 is 2.13 bits per heavy atom. The lowest BCUT2D eigenvalue weighted by Crippen LogP contribution is -2.26. The molecule has 0 unspecified atom stereocenters. The number of nitrogens with zero attached hydrogens (tertiary/aromatic N) is 3. The summed E-state index contributed by atoms with van der Waals surface area (Å²) in [5, 5.41) is 26.2. The van der Waals surface area contributed by atoms with Gasteiger partial charge in [0.2, 0.25) is 5.60 Å². The Balaban J connectivity index is 3.12. The highest BCUT2D eigenvalue weighted by atomic mass is 16.6. The monoisotopic (exact) mass is 202 g/mol. The molecule has 15 heavy (non-hydrogen) atoms. The van der Waals surface area contributed by atoms with E-state index in [1.54, 1.807) is 12.1 Å². The Hall–Kier alpha value is -2.03. The average molecular weight is 202 g/mol. The molecular formula is C10H10N4O. The molecule has 0 aromatic heterocycles. The van der Waals surface area contributed by atoms with Crippen LogP contribution in [0.2, 0.25) is 0 Å². The van der Waals surface area contributed by atoms with E-state index in [1.807, 2.05) is 19.9 Å². The number of hydrogen-bond acceptors (Lipinski definition) is 5. The van der Waals surface area contributed by atoms with Crippen molar-refractivity contribution in [2.24, 2.45) is 11.7 Å². The van der Waals surface area contributed by atoms with Crippen LogP contribution in [0.4, 0.5) is 0 Å². The van der Waals surface area contributed by atoms with Crippen molar-refractivity contribution in [2.75, 3.05) is 0 Å². The zero-order valence-corrected chi connectivity index (χ0v) is 8.48. The largest absolute Gasteiger partial charge is 0.397 e. The summed E-state index contributed by atoms with van der Waals surface area (Å²) >= 11 is 0. The van der Waals surface area contributed by atoms with Crippen LogP contribution in [0.1, 0.15) is 13.8 Å². The van der Waals surface area contributed by atoms with E-state index in [-0.39, 0.29) is 23.3 Å². The maximum Gasteiger partial charge on any atom is 0.222 e. The van der Waals surface area contributed by atoms with Gasteiger partial charge in [-0.05, 0) is 5.92 Å². The van der Waals surface area contributed by atoms with Crippen molar-refractivity contribution in [3.05, 3.63) is 11.3 Å². The SMILES string of the molecule is CC(C)[C@@H]1O[C@@]1(C#N)C(N)=C(C#N)C#N. The summed E-state index contributed by atoms with van der Waals surface area (Å²) in [5.74, 6) is 0.113. The number of epoxide rings is 1. The Morgan fingerprint density at radius 1 is 1.33 bits per heavy atom. The van der Waals surface area contributed by atoms with Crippen molar-refractivity contribution in [2.45, 2.75) is 25.6 Å². The zero-order chi connectivity index (χ0) is 11.6. The van der Waals surface area contributed by atoms with E-state index >= 15 is 0 Å². The summed E-state index contributed by atoms with van der Waals surface area (Å²) in [6.07, 6.45) is -0.334. The number of nitrogens with two attached hydrogens (primary N) is 1. The second-order valence-corrected chi connectivity index (χ2v) is 3.64. The molecule has 0 saturated carbocycles. The lowest BCUT2D eigenvalue weighted by Gasteiger charge is -2.05. The molecule has 1 fully saturated rings. The van der Waals surface area contributed by atoms with Gasteiger partial charge in [0.05, 0.1) is 5.70 Å². The van der Waals surface area contributed by atoms with Crippen LogP contribution in [0.15, 0.2) is 11.3 Å². The van der Waals surface area contributed by atoms with Crippen molar-refractivity contribution < 1.29 is 4.74 Å². The maximum atomic E-state index is 8.98. The topological polar surface area (TPSA) is 110 Å². The number of hydrogen-bond donors (Lipinski definition) is 1. The lowest BCUT2D eigenvalue weighted by molar-refractivity contribution is 0.324. The molecule has 0 aromatic rings. The van der Waals surface area contributed by atoms with Gasteiger partial charge in [-0.3, -0.25) is 0 Å². The van der Waals surface area contributed by atoms with Crippen LogP contribution in [0.25, 0.3) is 0 Å². The molecule has 0 bridgehead atoms. The molecule has 76 valence electrons. The van der Waals surface area contributed by atoms with E-state index in [1.165, 1.54) is 0 Å². The van der Waals surface area contributed by atoms with Crippen LogP contribution >= 0.6 is 0 Å². The third-order valence-corrected chi connectivity index (χ3v) is 2.32. The third-order valence-electron chi connectivity index (χ3n) is 2.32. The smallest absolute Gasteiger partial charge is 0.222 e. The van der Waals surface area contributed by atoms with E-state index in [2.05, 4.69) is 0 Å². The minimum Gasteiger partial charge on any atom is -0.397 e. The lowest BCUT2D eigenvalue weighted by atomic mass is 9.93. The Kier molecular flexibility index (Phi) is 2.66. The second-order valence-electron chi connectivity index (χ2n) is 3.64. The molecule has 5 heteroatoms. The van der Waals surface area contributed by atoms with Gasteiger partial charge in [0.15, 0.2) is 5.57 Å². The molecule has 0 amide bonds. The first-order chi connectivity index (χ1) is 7.03. The molecule has 1 heterocycles. The summed E-state index contributed by atoms with van der Waals surface area (Å²) in [5.41, 5.74) is 4.01. The van der Waals surface area contributed by atoms with E-state index in [0.717, 1.165) is 0 Å². The molecule has 2 atom stereocenters. The summed E-state index contributed by atoms with van der Waals surface area (Å²) in [6.45, 7) is 3.77. The molecule has 0 spiro atoms. The van der Waals surface area contributed by atoms with Crippen molar-refractivity contribution in [3.63, 3.8) is 0 Å². The fourth-order valence-corrected chi connectivity index (χ4v) is 1.47. The molecule has 2 N–H and O–H groups in total. The number of ether oxygens (including phenoxy) is 1. The van der Waals surface area contributed by atoms with Crippen LogP contribution in [0, 0.1) is 39.9 Å². The summed E-state index contributed by atoms with van der Waals surface area (Å²) in [7, 11) is 0. The molecule has 0 aliphatic carbocycles. The van der Waals surface area contributed by atoms with E-state index < -0.39 is 5.60 Å². The second kappa shape index (κ2) is 3.61. The molecule has 0 radical (unpaired) electrons. The molecule has 1 rings (SSSR count). The van der Waals surface area contributed by atoms with Crippen molar-refractivity contribution >= 4 is 0 Å².